The van der Waals surface area contributed by atoms with Crippen molar-refractivity contribution in [2.45, 2.75) is 25.5 Å². The predicted octanol–water partition coefficient (Wildman–Crippen LogP) is 3.76. The van der Waals surface area contributed by atoms with E-state index in [0.717, 1.165) is 6.07 Å². The Labute approximate surface area is 247 Å². The quantitative estimate of drug-likeness (QED) is 0.223. The van der Waals surface area contributed by atoms with E-state index in [0.29, 0.717) is 30.9 Å². The lowest BCUT2D eigenvalue weighted by Gasteiger charge is -2.39. The van der Waals surface area contributed by atoms with E-state index in [1.807, 2.05) is 13.8 Å². The number of hydrogen-bond acceptors (Lipinski definition) is 8. The molecule has 210 valence electrons. The average molecular weight is 597 g/mol. The topological polar surface area (TPSA) is 132 Å². The van der Waals surface area contributed by atoms with Crippen LogP contribution in [0.25, 0.3) is 0 Å². The summed E-state index contributed by atoms with van der Waals surface area (Å²) in [6.07, 6.45) is 0.842. The zero-order valence-electron chi connectivity index (χ0n) is 22.0. The van der Waals surface area contributed by atoms with Crippen LogP contribution in [-0.4, -0.2) is 60.1 Å². The maximum absolute atomic E-state index is 14.2. The van der Waals surface area contributed by atoms with Gasteiger partial charge in [0.05, 0.1) is 16.2 Å². The van der Waals surface area contributed by atoms with Crippen LogP contribution in [0.1, 0.15) is 46.4 Å². The van der Waals surface area contributed by atoms with Gasteiger partial charge in [-0.2, -0.15) is 0 Å². The average Bonchev–Trinajstić information content (AvgIpc) is 2.94. The van der Waals surface area contributed by atoms with E-state index >= 15 is 0 Å². The molecule has 2 amide bonds. The number of nitrogen functional groups attached to an aromatic ring is 1. The van der Waals surface area contributed by atoms with Crippen molar-refractivity contribution in [2.75, 3.05) is 30.7 Å². The van der Waals surface area contributed by atoms with Gasteiger partial charge in [0.25, 0.3) is 11.8 Å². The zero-order valence-corrected chi connectivity index (χ0v) is 23.5. The molecule has 1 fully saturated rings. The van der Waals surface area contributed by atoms with Crippen molar-refractivity contribution in [3.05, 3.63) is 75.1 Å². The maximum atomic E-state index is 14.2. The highest BCUT2D eigenvalue weighted by atomic mass is 35.5. The van der Waals surface area contributed by atoms with Gasteiger partial charge in [0.15, 0.2) is 23.4 Å². The molecule has 0 aliphatic carbocycles. The van der Waals surface area contributed by atoms with Crippen molar-refractivity contribution >= 4 is 54.6 Å². The van der Waals surface area contributed by atoms with Crippen LogP contribution in [0, 0.1) is 17.8 Å². The molecule has 1 saturated heterocycles. The Bertz CT molecular complexity index is 1530. The summed E-state index contributed by atoms with van der Waals surface area (Å²) in [7, 11) is 5.00. The van der Waals surface area contributed by atoms with Crippen molar-refractivity contribution < 1.29 is 23.4 Å². The van der Waals surface area contributed by atoms with E-state index < -0.39 is 17.8 Å². The van der Waals surface area contributed by atoms with Crippen LogP contribution in [0.2, 0.25) is 10.0 Å². The summed E-state index contributed by atoms with van der Waals surface area (Å²) in [5.74, 6) is 0.705. The van der Waals surface area contributed by atoms with E-state index in [-0.39, 0.29) is 44.3 Å². The van der Waals surface area contributed by atoms with E-state index in [2.05, 4.69) is 37.5 Å². The van der Waals surface area contributed by atoms with Gasteiger partial charge in [-0.05, 0) is 56.2 Å². The van der Waals surface area contributed by atoms with Gasteiger partial charge in [-0.3, -0.25) is 9.59 Å². The number of anilines is 2. The fourth-order valence-electron chi connectivity index (χ4n) is 4.14. The third kappa shape index (κ3) is 7.19. The number of nitrogens with two attached hydrogens (primary N) is 1. The lowest BCUT2D eigenvalue weighted by molar-refractivity contribution is 0.0652. The Hall–Kier alpha value is -4.05. The smallest absolute Gasteiger partial charge is 0.392 e. The fourth-order valence-corrected chi connectivity index (χ4v) is 4.70. The third-order valence-electron chi connectivity index (χ3n) is 6.10. The summed E-state index contributed by atoms with van der Waals surface area (Å²) in [5.41, 5.74) is 6.47. The van der Waals surface area contributed by atoms with Gasteiger partial charge in [-0.15, -0.1) is 10.2 Å². The van der Waals surface area contributed by atoms with Crippen LogP contribution in [0.4, 0.5) is 15.9 Å². The van der Waals surface area contributed by atoms with Gasteiger partial charge in [0.1, 0.15) is 5.82 Å². The predicted molar refractivity (Wildman–Crippen MR) is 153 cm³/mol. The molecule has 14 heteroatoms. The molecule has 1 aliphatic rings. The number of hydrogen-bond donors (Lipinski definition) is 3. The second-order valence-electron chi connectivity index (χ2n) is 9.67. The van der Waals surface area contributed by atoms with Crippen LogP contribution in [0.3, 0.4) is 0 Å². The van der Waals surface area contributed by atoms with Crippen molar-refractivity contribution in [1.29, 1.82) is 0 Å². The zero-order chi connectivity index (χ0) is 29.7. The molecule has 2 aromatic carbocycles. The Morgan fingerprint density at radius 2 is 1.95 bits per heavy atom. The number of ether oxygens (including phenoxy) is 1. The molecule has 2 radical (unpaired) electrons. The first-order chi connectivity index (χ1) is 19.5. The summed E-state index contributed by atoms with van der Waals surface area (Å²) in [5, 5.41) is 13.4. The van der Waals surface area contributed by atoms with Crippen LogP contribution in [-0.2, 0) is 4.65 Å². The summed E-state index contributed by atoms with van der Waals surface area (Å²) >= 11 is 12.3. The van der Waals surface area contributed by atoms with E-state index in [1.54, 1.807) is 29.2 Å². The highest BCUT2D eigenvalue weighted by Crippen LogP contribution is 2.36. The molecule has 10 nitrogen and oxygen atoms in total. The molecule has 4 rings (SSSR count). The number of carbonyl (C=O) groups is 2. The summed E-state index contributed by atoms with van der Waals surface area (Å²) in [6.45, 7) is 5.96. The molecule has 0 bridgehead atoms. The summed E-state index contributed by atoms with van der Waals surface area (Å²) in [6, 6.07) is 10.0. The number of amides is 2. The highest BCUT2D eigenvalue weighted by molar-refractivity contribution is 6.36. The number of piperazine rings is 1. The first kappa shape index (κ1) is 29.9. The highest BCUT2D eigenvalue weighted by Gasteiger charge is 2.29. The minimum atomic E-state index is -1.30. The lowest BCUT2D eigenvalue weighted by Crippen LogP contribution is -2.58. The first-order valence-electron chi connectivity index (χ1n) is 12.2. The lowest BCUT2D eigenvalue weighted by atomic mass is 10.0. The largest absolute Gasteiger partial charge is 0.527 e. The third-order valence-corrected chi connectivity index (χ3v) is 6.82. The molecule has 1 aliphatic heterocycles. The number of nitrogens with zero attached hydrogens (tertiary/aromatic N) is 3. The molecule has 41 heavy (non-hydrogen) atoms. The normalized spacial score (nSPS) is 14.8. The van der Waals surface area contributed by atoms with Gasteiger partial charge >= 0.3 is 8.05 Å². The number of halogens is 3. The van der Waals surface area contributed by atoms with E-state index in [9.17, 15) is 14.0 Å². The second kappa shape index (κ2) is 12.6. The molecular formula is C27H24BCl2FN6O4. The molecule has 0 unspecified atom stereocenters. The minimum Gasteiger partial charge on any atom is -0.527 e. The van der Waals surface area contributed by atoms with Crippen molar-refractivity contribution in [3.8, 4) is 17.8 Å². The Kier molecular flexibility index (Phi) is 9.23. The SMILES string of the molecule is [B]OC#C[C@@H](Oc1cc(C(=O)Nc2ccc(C(=O)N3CCNC(C)(C)C3)cc2)nnc1N)c1c(Cl)ccc(F)c1Cl. The Balaban J connectivity index is 1.51. The van der Waals surface area contributed by atoms with Gasteiger partial charge in [-0.25, -0.2) is 4.39 Å². The second-order valence-corrected chi connectivity index (χ2v) is 10.5. The standard InChI is InChI=1S/C27H24BCl2FN6O4/c1-27(2)14-37(11-10-33-27)26(39)15-3-5-16(6-4-15)34-25(38)19-13-21(24(32)36-35-19)41-20(9-12-40-28)22-17(29)7-8-18(31)23(22)30/h3-8,13,20,33H,10-11,14H2,1-2H3,(H2,32,36)(H,34,38)/t20-/m1/s1. The van der Waals surface area contributed by atoms with Crippen LogP contribution in [0.5, 0.6) is 5.75 Å². The van der Waals surface area contributed by atoms with Crippen molar-refractivity contribution in [2.24, 2.45) is 0 Å². The van der Waals surface area contributed by atoms with Gasteiger partial charge in [0, 0.05) is 48.1 Å². The number of carbonyl (C=O) groups excluding carboxylic acids is 2. The van der Waals surface area contributed by atoms with Gasteiger partial charge in [-0.1, -0.05) is 23.2 Å². The van der Waals surface area contributed by atoms with E-state index in [4.69, 9.17) is 41.7 Å². The number of benzene rings is 2. The molecule has 1 atom stereocenters. The summed E-state index contributed by atoms with van der Waals surface area (Å²) in [4.78, 5) is 27.7. The first-order valence-corrected chi connectivity index (χ1v) is 13.0. The van der Waals surface area contributed by atoms with Crippen molar-refractivity contribution in [1.82, 2.24) is 20.4 Å². The number of nitrogens with one attached hydrogen (secondary N) is 2. The van der Waals surface area contributed by atoms with Crippen LogP contribution >= 0.6 is 23.2 Å². The molecule has 0 saturated carbocycles. The maximum Gasteiger partial charge on any atom is 0.392 e. The fraction of sp³-hybridized carbons (Fsp3) is 0.259. The molecule has 2 heterocycles. The Morgan fingerprint density at radius 1 is 1.22 bits per heavy atom. The van der Waals surface area contributed by atoms with Gasteiger partial charge < -0.3 is 30.7 Å². The molecule has 3 aromatic rings. The van der Waals surface area contributed by atoms with Crippen molar-refractivity contribution in [3.63, 3.8) is 0 Å². The molecular weight excluding hydrogens is 573 g/mol. The monoisotopic (exact) mass is 596 g/mol. The molecule has 0 spiro atoms. The molecule has 4 N–H and O–H groups in total. The minimum absolute atomic E-state index is 0.0147. The number of aromatic nitrogens is 2. The summed E-state index contributed by atoms with van der Waals surface area (Å²) < 4.78 is 24.3. The van der Waals surface area contributed by atoms with E-state index in [1.165, 1.54) is 12.1 Å². The Morgan fingerprint density at radius 3 is 2.63 bits per heavy atom. The van der Waals surface area contributed by atoms with Crippen LogP contribution in [0.15, 0.2) is 42.5 Å². The molecule has 1 aromatic heterocycles. The number of rotatable bonds is 6. The van der Waals surface area contributed by atoms with Crippen LogP contribution < -0.4 is 21.1 Å². The van der Waals surface area contributed by atoms with Gasteiger partial charge in [0.2, 0.25) is 0 Å².